The van der Waals surface area contributed by atoms with Crippen molar-refractivity contribution in [2.45, 2.75) is 37.9 Å². The average molecular weight is 536 g/mol. The molecule has 0 amide bonds. The van der Waals surface area contributed by atoms with Crippen molar-refractivity contribution in [1.82, 2.24) is 0 Å². The highest BCUT2D eigenvalue weighted by Gasteiger charge is 2.52. The van der Waals surface area contributed by atoms with Gasteiger partial charge in [-0.05, 0) is 11.1 Å². The molecule has 37 heavy (non-hydrogen) atoms. The lowest BCUT2D eigenvalue weighted by Crippen LogP contribution is -2.42. The van der Waals surface area contributed by atoms with Crippen LogP contribution in [0, 0.1) is 0 Å². The lowest BCUT2D eigenvalue weighted by molar-refractivity contribution is -0.183. The molecule has 3 atom stereocenters. The Morgan fingerprint density at radius 3 is 1.73 bits per heavy atom. The third kappa shape index (κ3) is 7.58. The standard InChI is InChI=1S/C26H24F3O7P/c27-26(28,29)24(30)23-22(35-25(36-23)21-14-8-3-9-15-21)18-34-37(31,32-16-19-10-4-1-5-11-19)33-17-20-12-6-2-7-13-20/h1-15,22-23,25H,16-18H2/t22-,23+,25?/m0/s1. The highest BCUT2D eigenvalue weighted by molar-refractivity contribution is 7.48. The second-order valence-electron chi connectivity index (χ2n) is 8.10. The Hall–Kier alpha value is -2.85. The molecule has 1 saturated heterocycles. The highest BCUT2D eigenvalue weighted by atomic mass is 31.2. The zero-order valence-electron chi connectivity index (χ0n) is 19.5. The maximum Gasteiger partial charge on any atom is 0.475 e. The molecule has 1 heterocycles. The van der Waals surface area contributed by atoms with Crippen molar-refractivity contribution in [2.75, 3.05) is 6.61 Å². The summed E-state index contributed by atoms with van der Waals surface area (Å²) < 4.78 is 80.6. The van der Waals surface area contributed by atoms with Crippen molar-refractivity contribution in [1.29, 1.82) is 0 Å². The van der Waals surface area contributed by atoms with Gasteiger partial charge in [0, 0.05) is 5.56 Å². The fraction of sp³-hybridized carbons (Fsp3) is 0.269. The predicted octanol–water partition coefficient (Wildman–Crippen LogP) is 6.16. The van der Waals surface area contributed by atoms with Crippen LogP contribution < -0.4 is 0 Å². The summed E-state index contributed by atoms with van der Waals surface area (Å²) in [6, 6.07) is 25.7. The Labute approximate surface area is 211 Å². The molecule has 4 rings (SSSR count). The average Bonchev–Trinajstić information content (AvgIpc) is 3.35. The number of alkyl halides is 3. The fourth-order valence-corrected chi connectivity index (χ4v) is 4.67. The summed E-state index contributed by atoms with van der Waals surface area (Å²) in [4.78, 5) is 12.1. The summed E-state index contributed by atoms with van der Waals surface area (Å²) in [6.07, 6.45) is -9.97. The number of phosphoric acid groups is 1. The van der Waals surface area contributed by atoms with E-state index in [0.29, 0.717) is 16.7 Å². The van der Waals surface area contributed by atoms with E-state index in [9.17, 15) is 22.5 Å². The van der Waals surface area contributed by atoms with Crippen molar-refractivity contribution in [3.05, 3.63) is 108 Å². The summed E-state index contributed by atoms with van der Waals surface area (Å²) >= 11 is 0. The van der Waals surface area contributed by atoms with Crippen LogP contribution in [0.5, 0.6) is 0 Å². The molecular formula is C26H24F3O7P. The van der Waals surface area contributed by atoms with Crippen molar-refractivity contribution in [3.63, 3.8) is 0 Å². The number of hydrogen-bond acceptors (Lipinski definition) is 7. The number of hydrogen-bond donors (Lipinski definition) is 0. The number of carbonyl (C=O) groups excluding carboxylic acids is 1. The van der Waals surface area contributed by atoms with Gasteiger partial charge in [-0.15, -0.1) is 0 Å². The minimum Gasteiger partial charge on any atom is -0.339 e. The SMILES string of the molecule is O=C([C@@H]1OC(c2ccccc2)O[C@H]1COP(=O)(OCc1ccccc1)OCc1ccccc1)C(F)(F)F. The van der Waals surface area contributed by atoms with Crippen molar-refractivity contribution >= 4 is 13.6 Å². The minimum absolute atomic E-state index is 0.146. The molecule has 0 spiro atoms. The number of ether oxygens (including phenoxy) is 2. The van der Waals surface area contributed by atoms with E-state index in [1.165, 1.54) is 0 Å². The molecule has 0 saturated carbocycles. The van der Waals surface area contributed by atoms with Crippen LogP contribution in [0.3, 0.4) is 0 Å². The predicted molar refractivity (Wildman–Crippen MR) is 126 cm³/mol. The van der Waals surface area contributed by atoms with Gasteiger partial charge in [0.15, 0.2) is 12.4 Å². The van der Waals surface area contributed by atoms with Crippen molar-refractivity contribution in [3.8, 4) is 0 Å². The molecule has 0 bridgehead atoms. The molecule has 0 aromatic heterocycles. The summed E-state index contributed by atoms with van der Waals surface area (Å²) in [5.74, 6) is -2.13. The van der Waals surface area contributed by atoms with E-state index in [0.717, 1.165) is 0 Å². The first-order chi connectivity index (χ1) is 17.7. The lowest BCUT2D eigenvalue weighted by atomic mass is 10.1. The van der Waals surface area contributed by atoms with Gasteiger partial charge in [-0.3, -0.25) is 18.4 Å². The molecule has 3 aromatic carbocycles. The maximum absolute atomic E-state index is 13.5. The molecule has 1 aliphatic heterocycles. The van der Waals surface area contributed by atoms with Gasteiger partial charge in [0.2, 0.25) is 0 Å². The van der Waals surface area contributed by atoms with E-state index in [2.05, 4.69) is 0 Å². The number of ketones is 1. The Morgan fingerprint density at radius 2 is 1.24 bits per heavy atom. The van der Waals surface area contributed by atoms with E-state index >= 15 is 0 Å². The Morgan fingerprint density at radius 1 is 0.757 bits per heavy atom. The first-order valence-corrected chi connectivity index (χ1v) is 12.8. The smallest absolute Gasteiger partial charge is 0.339 e. The van der Waals surface area contributed by atoms with E-state index in [1.54, 1.807) is 91.0 Å². The summed E-state index contributed by atoms with van der Waals surface area (Å²) in [5, 5.41) is 0. The zero-order chi connectivity index (χ0) is 26.3. The molecule has 1 unspecified atom stereocenters. The van der Waals surface area contributed by atoms with Gasteiger partial charge in [0.1, 0.15) is 6.10 Å². The third-order valence-electron chi connectivity index (χ3n) is 5.38. The number of phosphoric ester groups is 1. The molecule has 0 radical (unpaired) electrons. The Bertz CT molecular complexity index is 1150. The van der Waals surface area contributed by atoms with Crippen LogP contribution in [0.1, 0.15) is 23.0 Å². The number of Topliss-reactive ketones (excluding diaryl/α,β-unsaturated/α-hetero) is 1. The second-order valence-corrected chi connectivity index (χ2v) is 9.77. The fourth-order valence-electron chi connectivity index (χ4n) is 3.50. The van der Waals surface area contributed by atoms with Gasteiger partial charge in [0.05, 0.1) is 19.8 Å². The number of benzene rings is 3. The van der Waals surface area contributed by atoms with E-state index < -0.39 is 44.9 Å². The molecule has 7 nitrogen and oxygen atoms in total. The molecule has 1 fully saturated rings. The monoisotopic (exact) mass is 536 g/mol. The van der Waals surface area contributed by atoms with Gasteiger partial charge in [0.25, 0.3) is 5.78 Å². The third-order valence-corrected chi connectivity index (χ3v) is 6.73. The van der Waals surface area contributed by atoms with Gasteiger partial charge < -0.3 is 9.47 Å². The quantitative estimate of drug-likeness (QED) is 0.272. The molecule has 0 aliphatic carbocycles. The molecule has 196 valence electrons. The van der Waals surface area contributed by atoms with Crippen LogP contribution in [-0.4, -0.2) is 30.8 Å². The molecule has 1 aliphatic rings. The minimum atomic E-state index is -5.17. The van der Waals surface area contributed by atoms with E-state index in [1.807, 2.05) is 0 Å². The lowest BCUT2D eigenvalue weighted by Gasteiger charge is -2.21. The Kier molecular flexibility index (Phi) is 8.91. The van der Waals surface area contributed by atoms with E-state index in [4.69, 9.17) is 23.0 Å². The number of rotatable bonds is 11. The summed E-state index contributed by atoms with van der Waals surface area (Å²) in [5.41, 5.74) is 1.75. The maximum atomic E-state index is 13.5. The van der Waals surface area contributed by atoms with Crippen LogP contribution in [0.25, 0.3) is 0 Å². The second kappa shape index (κ2) is 12.1. The van der Waals surface area contributed by atoms with Crippen molar-refractivity contribution < 1.29 is 45.6 Å². The molecule has 11 heteroatoms. The largest absolute Gasteiger partial charge is 0.475 e. The topological polar surface area (TPSA) is 80.3 Å². The van der Waals surface area contributed by atoms with Crippen LogP contribution in [0.2, 0.25) is 0 Å². The molecular weight excluding hydrogens is 512 g/mol. The zero-order valence-corrected chi connectivity index (χ0v) is 20.3. The van der Waals surface area contributed by atoms with E-state index in [-0.39, 0.29) is 13.2 Å². The van der Waals surface area contributed by atoms with Gasteiger partial charge in [-0.2, -0.15) is 13.2 Å². The Balaban J connectivity index is 1.50. The van der Waals surface area contributed by atoms with Gasteiger partial charge >= 0.3 is 14.0 Å². The number of carbonyl (C=O) groups is 1. The van der Waals surface area contributed by atoms with Crippen LogP contribution in [-0.2, 0) is 45.6 Å². The molecule has 3 aromatic rings. The van der Waals surface area contributed by atoms with Crippen molar-refractivity contribution in [2.24, 2.45) is 0 Å². The summed E-state index contributed by atoms with van der Waals surface area (Å²) in [6.45, 7) is -1.00. The normalized spacial score (nSPS) is 20.1. The first kappa shape index (κ1) is 27.2. The highest BCUT2D eigenvalue weighted by Crippen LogP contribution is 2.51. The summed E-state index contributed by atoms with van der Waals surface area (Å²) in [7, 11) is -4.32. The van der Waals surface area contributed by atoms with Gasteiger partial charge in [-0.25, -0.2) is 4.57 Å². The first-order valence-electron chi connectivity index (χ1n) is 11.3. The van der Waals surface area contributed by atoms with Crippen LogP contribution in [0.4, 0.5) is 13.2 Å². The number of halogens is 3. The van der Waals surface area contributed by atoms with Crippen LogP contribution in [0.15, 0.2) is 91.0 Å². The van der Waals surface area contributed by atoms with Gasteiger partial charge in [-0.1, -0.05) is 91.0 Å². The molecule has 0 N–H and O–H groups in total. The van der Waals surface area contributed by atoms with Crippen LogP contribution >= 0.6 is 7.82 Å².